The monoisotopic (exact) mass is 506 g/mol. The van der Waals surface area contributed by atoms with Gasteiger partial charge < -0.3 is 4.98 Å². The quantitative estimate of drug-likeness (QED) is 0.260. The van der Waals surface area contributed by atoms with Crippen LogP contribution in [0.2, 0.25) is 0 Å². The number of fused-ring (bicyclic) bond motifs is 2. The lowest BCUT2D eigenvalue weighted by Crippen LogP contribution is -2.38. The van der Waals surface area contributed by atoms with Crippen molar-refractivity contribution in [3.8, 4) is 0 Å². The van der Waals surface area contributed by atoms with Gasteiger partial charge >= 0.3 is 5.69 Å². The molecule has 0 fully saturated rings. The van der Waals surface area contributed by atoms with Gasteiger partial charge in [0.05, 0.1) is 29.3 Å². The maximum atomic E-state index is 13.1. The number of nitrogens with one attached hydrogen (secondary N) is 1. The molecule has 0 aliphatic heterocycles. The number of H-pyrrole nitrogens is 1. The third kappa shape index (κ3) is 3.70. The van der Waals surface area contributed by atoms with Crippen molar-refractivity contribution in [3.63, 3.8) is 0 Å². The smallest absolute Gasteiger partial charge is 0.305 e. The average Bonchev–Trinajstić information content (AvgIpc) is 3.54. The maximum Gasteiger partial charge on any atom is 0.326 e. The normalized spacial score (nSPS) is 11.8. The van der Waals surface area contributed by atoms with Crippen LogP contribution in [0, 0.1) is 0 Å². The molecule has 188 valence electrons. The van der Waals surface area contributed by atoms with Crippen molar-refractivity contribution in [2.45, 2.75) is 12.1 Å². The van der Waals surface area contributed by atoms with E-state index >= 15 is 0 Å². The molecule has 7 aromatic rings. The minimum atomic E-state index is -0.730. The Kier molecular flexibility index (Phi) is 5.48. The standard InChI is InChI=1S/C34H26N4O/c39-33-36-30-22-31-26(21-32(30)37(33)24-25-13-5-1-6-14-25)23-35-38(31)34(27-15-7-2-8-16-27,28-17-9-3-10-18-28)29-19-11-4-12-20-29/h1-23H,24H2,(H,36,39). The lowest BCUT2D eigenvalue weighted by atomic mass is 9.77. The van der Waals surface area contributed by atoms with Crippen LogP contribution in [-0.2, 0) is 12.1 Å². The summed E-state index contributed by atoms with van der Waals surface area (Å²) in [6.07, 6.45) is 1.91. The van der Waals surface area contributed by atoms with Gasteiger partial charge in [-0.25, -0.2) is 9.48 Å². The molecule has 0 amide bonds. The molecule has 0 unspecified atom stereocenters. The van der Waals surface area contributed by atoms with E-state index in [2.05, 4.69) is 94.6 Å². The van der Waals surface area contributed by atoms with E-state index in [1.165, 1.54) is 0 Å². The summed E-state index contributed by atoms with van der Waals surface area (Å²) in [7, 11) is 0. The summed E-state index contributed by atoms with van der Waals surface area (Å²) in [5, 5.41) is 6.02. The summed E-state index contributed by atoms with van der Waals surface area (Å²) in [5.74, 6) is 0. The van der Waals surface area contributed by atoms with Crippen LogP contribution in [0.4, 0.5) is 0 Å². The molecule has 0 radical (unpaired) electrons. The highest BCUT2D eigenvalue weighted by atomic mass is 16.1. The second-order valence-electron chi connectivity index (χ2n) is 9.79. The largest absolute Gasteiger partial charge is 0.326 e. The fourth-order valence-corrected chi connectivity index (χ4v) is 5.77. The van der Waals surface area contributed by atoms with Crippen LogP contribution in [0.1, 0.15) is 22.3 Å². The predicted molar refractivity (Wildman–Crippen MR) is 156 cm³/mol. The summed E-state index contributed by atoms with van der Waals surface area (Å²) < 4.78 is 3.90. The zero-order chi connectivity index (χ0) is 26.2. The second kappa shape index (κ2) is 9.30. The first kappa shape index (κ1) is 23.0. The van der Waals surface area contributed by atoms with E-state index in [4.69, 9.17) is 5.10 Å². The number of rotatable bonds is 6. The maximum absolute atomic E-state index is 13.1. The van der Waals surface area contributed by atoms with Gasteiger partial charge in [0, 0.05) is 5.39 Å². The number of aromatic amines is 1. The molecular formula is C34H26N4O. The molecule has 0 spiro atoms. The Morgan fingerprint density at radius 2 is 1.15 bits per heavy atom. The van der Waals surface area contributed by atoms with Gasteiger partial charge in [0.15, 0.2) is 0 Å². The topological polar surface area (TPSA) is 55.6 Å². The van der Waals surface area contributed by atoms with Crippen LogP contribution >= 0.6 is 0 Å². The van der Waals surface area contributed by atoms with Crippen molar-refractivity contribution in [2.24, 2.45) is 0 Å². The zero-order valence-electron chi connectivity index (χ0n) is 21.2. The molecule has 7 rings (SSSR count). The molecule has 2 heterocycles. The van der Waals surface area contributed by atoms with E-state index in [-0.39, 0.29) is 5.69 Å². The van der Waals surface area contributed by atoms with Crippen LogP contribution in [0.5, 0.6) is 0 Å². The summed E-state index contributed by atoms with van der Waals surface area (Å²) in [4.78, 5) is 16.2. The number of hydrogen-bond acceptors (Lipinski definition) is 2. The highest BCUT2D eigenvalue weighted by Gasteiger charge is 2.40. The van der Waals surface area contributed by atoms with Crippen molar-refractivity contribution in [2.75, 3.05) is 0 Å². The van der Waals surface area contributed by atoms with Gasteiger partial charge in [-0.05, 0) is 34.4 Å². The number of benzene rings is 5. The SMILES string of the molecule is O=c1[nH]c2cc3c(cnn3C(c3ccccc3)(c3ccccc3)c3ccccc3)cc2n1Cc1ccccc1. The van der Waals surface area contributed by atoms with Gasteiger partial charge in [-0.1, -0.05) is 121 Å². The molecule has 0 aliphatic carbocycles. The van der Waals surface area contributed by atoms with Crippen molar-refractivity contribution >= 4 is 21.9 Å². The van der Waals surface area contributed by atoms with E-state index < -0.39 is 5.54 Å². The molecular weight excluding hydrogens is 480 g/mol. The summed E-state index contributed by atoms with van der Waals surface area (Å²) in [6.45, 7) is 0.501. The molecule has 0 saturated carbocycles. The molecule has 0 aliphatic rings. The lowest BCUT2D eigenvalue weighted by molar-refractivity contribution is 0.476. The second-order valence-corrected chi connectivity index (χ2v) is 9.79. The molecule has 5 nitrogen and oxygen atoms in total. The van der Waals surface area contributed by atoms with Crippen LogP contribution in [0.25, 0.3) is 21.9 Å². The Labute approximate surface area is 225 Å². The van der Waals surface area contributed by atoms with E-state index in [0.29, 0.717) is 6.54 Å². The Balaban J connectivity index is 1.52. The fraction of sp³-hybridized carbons (Fsp3) is 0.0588. The van der Waals surface area contributed by atoms with Crippen LogP contribution in [-0.4, -0.2) is 19.3 Å². The minimum Gasteiger partial charge on any atom is -0.305 e. The van der Waals surface area contributed by atoms with Crippen molar-refractivity contribution < 1.29 is 0 Å². The number of aromatic nitrogens is 4. The number of nitrogens with zero attached hydrogens (tertiary/aromatic N) is 3. The molecule has 0 saturated heterocycles. The van der Waals surface area contributed by atoms with E-state index in [0.717, 1.165) is 44.2 Å². The Bertz CT molecular complexity index is 1840. The Morgan fingerprint density at radius 3 is 1.69 bits per heavy atom. The zero-order valence-corrected chi connectivity index (χ0v) is 21.2. The van der Waals surface area contributed by atoms with Crippen LogP contribution < -0.4 is 5.69 Å². The van der Waals surface area contributed by atoms with Crippen LogP contribution in [0.3, 0.4) is 0 Å². The minimum absolute atomic E-state index is 0.124. The molecule has 1 N–H and O–H groups in total. The molecule has 5 heteroatoms. The first-order valence-electron chi connectivity index (χ1n) is 13.1. The first-order valence-corrected chi connectivity index (χ1v) is 13.1. The first-order chi connectivity index (χ1) is 19.2. The van der Waals surface area contributed by atoms with Gasteiger partial charge in [0.1, 0.15) is 5.54 Å². The Hall–Kier alpha value is -5.16. The molecule has 39 heavy (non-hydrogen) atoms. The van der Waals surface area contributed by atoms with Crippen LogP contribution in [0.15, 0.2) is 144 Å². The molecule has 0 bridgehead atoms. The molecule has 2 aromatic heterocycles. The summed E-state index contributed by atoms with van der Waals surface area (Å²) >= 11 is 0. The third-order valence-corrected chi connectivity index (χ3v) is 7.54. The fourth-order valence-electron chi connectivity index (χ4n) is 5.77. The van der Waals surface area contributed by atoms with Gasteiger partial charge in [0.25, 0.3) is 0 Å². The average molecular weight is 507 g/mol. The van der Waals surface area contributed by atoms with Gasteiger partial charge in [-0.15, -0.1) is 0 Å². The van der Waals surface area contributed by atoms with Gasteiger partial charge in [0.2, 0.25) is 0 Å². The Morgan fingerprint density at radius 1 is 0.641 bits per heavy atom. The lowest BCUT2D eigenvalue weighted by Gasteiger charge is -2.37. The third-order valence-electron chi connectivity index (χ3n) is 7.54. The summed E-state index contributed by atoms with van der Waals surface area (Å²) in [5.41, 5.74) is 6.11. The van der Waals surface area contributed by atoms with E-state index in [1.807, 2.05) is 54.7 Å². The predicted octanol–water partition coefficient (Wildman–Crippen LogP) is 6.57. The number of imidazole rings is 1. The van der Waals surface area contributed by atoms with E-state index in [1.54, 1.807) is 4.57 Å². The van der Waals surface area contributed by atoms with E-state index in [9.17, 15) is 4.79 Å². The van der Waals surface area contributed by atoms with Gasteiger partial charge in [-0.2, -0.15) is 5.10 Å². The summed E-state index contributed by atoms with van der Waals surface area (Å²) in [6, 6.07) is 45.7. The molecule has 5 aromatic carbocycles. The van der Waals surface area contributed by atoms with Crippen molar-refractivity contribution in [1.82, 2.24) is 19.3 Å². The van der Waals surface area contributed by atoms with Crippen molar-refractivity contribution in [1.29, 1.82) is 0 Å². The van der Waals surface area contributed by atoms with Crippen molar-refractivity contribution in [3.05, 3.63) is 172 Å². The highest BCUT2D eigenvalue weighted by Crippen LogP contribution is 2.42. The molecule has 0 atom stereocenters. The van der Waals surface area contributed by atoms with Gasteiger partial charge in [-0.3, -0.25) is 4.57 Å². The number of hydrogen-bond donors (Lipinski definition) is 1. The highest BCUT2D eigenvalue weighted by molar-refractivity contribution is 5.93.